The highest BCUT2D eigenvalue weighted by Crippen LogP contribution is 2.38. The molecule has 0 radical (unpaired) electrons. The highest BCUT2D eigenvalue weighted by atomic mass is 79.9. The summed E-state index contributed by atoms with van der Waals surface area (Å²) in [6.45, 7) is 2.14. The van der Waals surface area contributed by atoms with Gasteiger partial charge in [0, 0.05) is 17.9 Å². The minimum atomic E-state index is -0.360. The lowest BCUT2D eigenvalue weighted by Crippen LogP contribution is -2.27. The predicted molar refractivity (Wildman–Crippen MR) is 90.2 cm³/mol. The van der Waals surface area contributed by atoms with Crippen molar-refractivity contribution < 1.29 is 14.0 Å². The number of furan rings is 1. The molecule has 22 heavy (non-hydrogen) atoms. The number of benzene rings is 1. The minimum Gasteiger partial charge on any atom is -0.444 e. The van der Waals surface area contributed by atoms with E-state index in [2.05, 4.69) is 37.2 Å². The van der Waals surface area contributed by atoms with Crippen LogP contribution in [0.15, 0.2) is 37.8 Å². The highest BCUT2D eigenvalue weighted by Gasteiger charge is 2.27. The van der Waals surface area contributed by atoms with Gasteiger partial charge in [0.25, 0.3) is 5.91 Å². The van der Waals surface area contributed by atoms with Crippen LogP contribution in [0.5, 0.6) is 0 Å². The van der Waals surface area contributed by atoms with Crippen molar-refractivity contribution in [2.45, 2.75) is 13.3 Å². The van der Waals surface area contributed by atoms with E-state index in [0.29, 0.717) is 16.9 Å². The zero-order valence-corrected chi connectivity index (χ0v) is 14.8. The molecule has 1 aromatic heterocycles. The van der Waals surface area contributed by atoms with Gasteiger partial charge in [0.1, 0.15) is 0 Å². The fourth-order valence-electron chi connectivity index (χ4n) is 2.54. The van der Waals surface area contributed by atoms with Crippen LogP contribution in [-0.4, -0.2) is 18.4 Å². The summed E-state index contributed by atoms with van der Waals surface area (Å²) >= 11 is 6.61. The van der Waals surface area contributed by atoms with Gasteiger partial charge in [-0.05, 0) is 52.2 Å². The van der Waals surface area contributed by atoms with Crippen LogP contribution in [0.2, 0.25) is 0 Å². The van der Waals surface area contributed by atoms with Crippen molar-refractivity contribution in [1.82, 2.24) is 0 Å². The monoisotopic (exact) mass is 426 g/mol. The Morgan fingerprint density at radius 2 is 2.05 bits per heavy atom. The van der Waals surface area contributed by atoms with E-state index in [0.717, 1.165) is 22.1 Å². The summed E-state index contributed by atoms with van der Waals surface area (Å²) in [5.41, 5.74) is 2.38. The lowest BCUT2D eigenvalue weighted by molar-refractivity contribution is -0.116. The third kappa shape index (κ3) is 2.83. The van der Waals surface area contributed by atoms with Crippen LogP contribution in [0.3, 0.4) is 0 Å². The summed E-state index contributed by atoms with van der Waals surface area (Å²) < 4.78 is 6.60. The highest BCUT2D eigenvalue weighted by molar-refractivity contribution is 9.10. The van der Waals surface area contributed by atoms with Gasteiger partial charge in [0.15, 0.2) is 10.4 Å². The van der Waals surface area contributed by atoms with Gasteiger partial charge in [-0.15, -0.1) is 0 Å². The second kappa shape index (κ2) is 5.89. The Bertz CT molecular complexity index is 770. The number of nitrogens with one attached hydrogen (secondary N) is 1. The first-order valence-electron chi connectivity index (χ1n) is 6.63. The van der Waals surface area contributed by atoms with E-state index < -0.39 is 0 Å². The molecule has 0 atom stereocenters. The molecule has 2 aromatic rings. The molecule has 114 valence electrons. The number of nitrogens with zero attached hydrogens (tertiary/aromatic N) is 1. The number of hydrogen-bond donors (Lipinski definition) is 1. The van der Waals surface area contributed by atoms with Crippen molar-refractivity contribution in [2.24, 2.45) is 0 Å². The van der Waals surface area contributed by atoms with Crippen molar-refractivity contribution in [3.8, 4) is 0 Å². The maximum Gasteiger partial charge on any atom is 0.291 e. The number of anilines is 2. The molecular formula is C15H12Br2N2O3. The van der Waals surface area contributed by atoms with Gasteiger partial charge >= 0.3 is 0 Å². The summed E-state index contributed by atoms with van der Waals surface area (Å²) in [5, 5.41) is 2.82. The Hall–Kier alpha value is -1.60. The number of rotatable bonds is 2. The zero-order valence-electron chi connectivity index (χ0n) is 11.7. The largest absolute Gasteiger partial charge is 0.444 e. The summed E-state index contributed by atoms with van der Waals surface area (Å²) in [6.07, 6.45) is 0.767. The maximum absolute atomic E-state index is 12.3. The average molecular weight is 428 g/mol. The van der Waals surface area contributed by atoms with E-state index in [1.54, 1.807) is 23.1 Å². The third-order valence-corrected chi connectivity index (χ3v) is 4.34. The summed E-state index contributed by atoms with van der Waals surface area (Å²) in [7, 11) is 0. The molecule has 0 unspecified atom stereocenters. The SMILES string of the molecule is CC(=O)N1CCc2cc(Br)cc(NC(=O)c3ccc(Br)o3)c21. The average Bonchev–Trinajstić information content (AvgIpc) is 3.04. The van der Waals surface area contributed by atoms with E-state index in [9.17, 15) is 9.59 Å². The Morgan fingerprint density at radius 3 is 2.68 bits per heavy atom. The Labute approximate surface area is 143 Å². The molecule has 0 spiro atoms. The minimum absolute atomic E-state index is 0.0442. The standard InChI is InChI=1S/C15H12Br2N2O3/c1-8(20)19-5-4-9-6-10(16)7-11(14(9)19)18-15(21)12-2-3-13(17)22-12/h2-3,6-7H,4-5H2,1H3,(H,18,21). The first-order chi connectivity index (χ1) is 10.5. The molecular weight excluding hydrogens is 416 g/mol. The van der Waals surface area contributed by atoms with Crippen LogP contribution in [0.1, 0.15) is 23.0 Å². The molecule has 2 heterocycles. The van der Waals surface area contributed by atoms with Crippen LogP contribution in [0.4, 0.5) is 11.4 Å². The van der Waals surface area contributed by atoms with Crippen molar-refractivity contribution in [3.63, 3.8) is 0 Å². The van der Waals surface area contributed by atoms with Gasteiger partial charge in [-0.1, -0.05) is 15.9 Å². The van der Waals surface area contributed by atoms with E-state index in [-0.39, 0.29) is 17.6 Å². The number of carbonyl (C=O) groups is 2. The summed E-state index contributed by atoms with van der Waals surface area (Å²) in [4.78, 5) is 25.7. The normalized spacial score (nSPS) is 13.1. The predicted octanol–water partition coefficient (Wildman–Crippen LogP) is 3.97. The smallest absolute Gasteiger partial charge is 0.291 e. The van der Waals surface area contributed by atoms with Gasteiger partial charge in [0.2, 0.25) is 5.91 Å². The fourth-order valence-corrected chi connectivity index (χ4v) is 3.35. The van der Waals surface area contributed by atoms with Gasteiger partial charge in [-0.2, -0.15) is 0 Å². The van der Waals surface area contributed by atoms with E-state index >= 15 is 0 Å². The van der Waals surface area contributed by atoms with E-state index in [1.165, 1.54) is 6.92 Å². The number of carbonyl (C=O) groups excluding carboxylic acids is 2. The molecule has 3 rings (SSSR count). The molecule has 1 aromatic carbocycles. The molecule has 1 aliphatic rings. The number of amides is 2. The van der Waals surface area contributed by atoms with Gasteiger partial charge < -0.3 is 14.6 Å². The lowest BCUT2D eigenvalue weighted by Gasteiger charge is -2.19. The fraction of sp³-hybridized carbons (Fsp3) is 0.200. The van der Waals surface area contributed by atoms with E-state index in [1.807, 2.05) is 6.07 Å². The molecule has 2 amide bonds. The van der Waals surface area contributed by atoms with Crippen molar-refractivity contribution >= 4 is 55.0 Å². The van der Waals surface area contributed by atoms with Gasteiger partial charge in [0.05, 0.1) is 11.4 Å². The maximum atomic E-state index is 12.3. The molecule has 0 aliphatic carbocycles. The molecule has 7 heteroatoms. The molecule has 5 nitrogen and oxygen atoms in total. The van der Waals surface area contributed by atoms with E-state index in [4.69, 9.17) is 4.42 Å². The quantitative estimate of drug-likeness (QED) is 0.788. The Balaban J connectivity index is 1.97. The third-order valence-electron chi connectivity index (χ3n) is 3.45. The van der Waals surface area contributed by atoms with Crippen molar-refractivity contribution in [2.75, 3.05) is 16.8 Å². The van der Waals surface area contributed by atoms with Crippen LogP contribution < -0.4 is 10.2 Å². The topological polar surface area (TPSA) is 62.6 Å². The molecule has 0 saturated carbocycles. The summed E-state index contributed by atoms with van der Waals surface area (Å²) in [5.74, 6) is -0.202. The van der Waals surface area contributed by atoms with Crippen LogP contribution in [0, 0.1) is 0 Å². The number of fused-ring (bicyclic) bond motifs is 1. The zero-order chi connectivity index (χ0) is 15.9. The Kier molecular flexibility index (Phi) is 4.10. The van der Waals surface area contributed by atoms with Gasteiger partial charge in [-0.25, -0.2) is 0 Å². The molecule has 1 aliphatic heterocycles. The first-order valence-corrected chi connectivity index (χ1v) is 8.21. The molecule has 0 fully saturated rings. The first kappa shape index (κ1) is 15.3. The van der Waals surface area contributed by atoms with Crippen molar-refractivity contribution in [1.29, 1.82) is 0 Å². The van der Waals surface area contributed by atoms with Crippen molar-refractivity contribution in [3.05, 3.63) is 44.7 Å². The summed E-state index contributed by atoms with van der Waals surface area (Å²) in [6, 6.07) is 7.00. The molecule has 1 N–H and O–H groups in total. The number of hydrogen-bond acceptors (Lipinski definition) is 3. The molecule has 0 bridgehead atoms. The molecule has 0 saturated heterocycles. The Morgan fingerprint density at radius 1 is 1.27 bits per heavy atom. The van der Waals surface area contributed by atoms with Crippen LogP contribution in [-0.2, 0) is 11.2 Å². The number of halogens is 2. The lowest BCUT2D eigenvalue weighted by atomic mass is 10.1. The van der Waals surface area contributed by atoms with Crippen LogP contribution >= 0.6 is 31.9 Å². The second-order valence-corrected chi connectivity index (χ2v) is 6.64. The van der Waals surface area contributed by atoms with Gasteiger partial charge in [-0.3, -0.25) is 9.59 Å². The van der Waals surface area contributed by atoms with Crippen LogP contribution in [0.25, 0.3) is 0 Å². The second-order valence-electron chi connectivity index (χ2n) is 4.94.